The summed E-state index contributed by atoms with van der Waals surface area (Å²) in [4.78, 5) is 0. The third-order valence-electron chi connectivity index (χ3n) is 7.97. The summed E-state index contributed by atoms with van der Waals surface area (Å²) in [5.74, 6) is 2.57. The van der Waals surface area contributed by atoms with Gasteiger partial charge in [-0.05, 0) is 70.1 Å². The molecule has 6 rings (SSSR count). The Hall–Kier alpha value is -5.98. The number of methoxy groups -OCH3 is 4. The average Bonchev–Trinajstić information content (AvgIpc) is 3.09. The lowest BCUT2D eigenvalue weighted by Crippen LogP contribution is -1.97. The minimum Gasteiger partial charge on any atom is -0.496 e. The van der Waals surface area contributed by atoms with Gasteiger partial charge in [-0.25, -0.2) is 0 Å². The Kier molecular flexibility index (Phi) is 7.50. The average molecular weight is 577 g/mol. The van der Waals surface area contributed by atoms with Gasteiger partial charge in [-0.2, -0.15) is 10.5 Å². The van der Waals surface area contributed by atoms with Gasteiger partial charge in [0.1, 0.15) is 23.0 Å². The molecule has 0 spiro atoms. The first-order valence-corrected chi connectivity index (χ1v) is 13.9. The van der Waals surface area contributed by atoms with Crippen LogP contribution in [0, 0.1) is 22.7 Å². The summed E-state index contributed by atoms with van der Waals surface area (Å²) >= 11 is 0. The van der Waals surface area contributed by atoms with E-state index in [1.165, 1.54) is 0 Å². The molecule has 44 heavy (non-hydrogen) atoms. The van der Waals surface area contributed by atoms with E-state index in [1.807, 2.05) is 84.9 Å². The summed E-state index contributed by atoms with van der Waals surface area (Å²) < 4.78 is 23.7. The highest BCUT2D eigenvalue weighted by atomic mass is 16.5. The van der Waals surface area contributed by atoms with Gasteiger partial charge in [0, 0.05) is 33.4 Å². The van der Waals surface area contributed by atoms with Crippen molar-refractivity contribution in [3.05, 3.63) is 108 Å². The molecule has 0 saturated carbocycles. The SMILES string of the molecule is COc1cc2c(-c3c(OC)ccc4cc(-c5ccccc5C#N)c(OC)cc34)c(OC)ccc2cc1-c1ccccc1C#N. The summed E-state index contributed by atoms with van der Waals surface area (Å²) in [7, 11) is 6.55. The Morgan fingerprint density at radius 2 is 0.818 bits per heavy atom. The summed E-state index contributed by atoms with van der Waals surface area (Å²) in [5.41, 5.74) is 6.02. The normalized spacial score (nSPS) is 10.7. The summed E-state index contributed by atoms with van der Waals surface area (Å²) in [6.07, 6.45) is 0. The lowest BCUT2D eigenvalue weighted by atomic mass is 9.88. The van der Waals surface area contributed by atoms with Crippen molar-refractivity contribution in [1.82, 2.24) is 0 Å². The highest BCUT2D eigenvalue weighted by Crippen LogP contribution is 2.49. The van der Waals surface area contributed by atoms with Gasteiger partial charge in [0.25, 0.3) is 0 Å². The van der Waals surface area contributed by atoms with Crippen molar-refractivity contribution < 1.29 is 18.9 Å². The van der Waals surface area contributed by atoms with Gasteiger partial charge in [0.2, 0.25) is 0 Å². The van der Waals surface area contributed by atoms with Crippen molar-refractivity contribution in [3.63, 3.8) is 0 Å². The molecule has 0 fully saturated rings. The molecule has 0 radical (unpaired) electrons. The minimum atomic E-state index is 0.565. The Bertz CT molecular complexity index is 2000. The highest BCUT2D eigenvalue weighted by molar-refractivity contribution is 6.12. The van der Waals surface area contributed by atoms with E-state index in [0.717, 1.165) is 54.9 Å². The molecule has 6 aromatic carbocycles. The number of fused-ring (bicyclic) bond motifs is 2. The lowest BCUT2D eigenvalue weighted by molar-refractivity contribution is 0.410. The number of ether oxygens (including phenoxy) is 4. The first-order valence-electron chi connectivity index (χ1n) is 13.9. The Labute approximate surface area is 255 Å². The maximum atomic E-state index is 9.79. The highest BCUT2D eigenvalue weighted by Gasteiger charge is 2.23. The monoisotopic (exact) mass is 576 g/mol. The molecular weight excluding hydrogens is 548 g/mol. The van der Waals surface area contributed by atoms with E-state index in [2.05, 4.69) is 12.1 Å². The maximum Gasteiger partial charge on any atom is 0.127 e. The topological polar surface area (TPSA) is 84.5 Å². The third-order valence-corrected chi connectivity index (χ3v) is 7.97. The number of benzene rings is 6. The van der Waals surface area contributed by atoms with Crippen LogP contribution in [0.3, 0.4) is 0 Å². The van der Waals surface area contributed by atoms with E-state index >= 15 is 0 Å². The van der Waals surface area contributed by atoms with Gasteiger partial charge in [0.15, 0.2) is 0 Å². The van der Waals surface area contributed by atoms with Crippen LogP contribution in [0.2, 0.25) is 0 Å². The molecule has 6 nitrogen and oxygen atoms in total. The summed E-state index contributed by atoms with van der Waals surface area (Å²) in [6, 6.07) is 35.5. The van der Waals surface area contributed by atoms with E-state index in [4.69, 9.17) is 18.9 Å². The molecule has 0 aliphatic heterocycles. The zero-order valence-electron chi connectivity index (χ0n) is 24.8. The number of hydrogen-bond donors (Lipinski definition) is 0. The molecule has 214 valence electrons. The standard InChI is InChI=1S/C38H28N2O4/c1-41-33-15-13-23-17-31(27-11-7-5-9-25(27)21-39)35(43-3)19-29(23)37(33)38-30-20-36(44-4)32(18-24(30)14-16-34(38)42-2)28-12-8-6-10-26(28)22-40/h5-20H,1-4H3. The van der Waals surface area contributed by atoms with Crippen molar-refractivity contribution in [2.24, 2.45) is 0 Å². The number of hydrogen-bond acceptors (Lipinski definition) is 6. The van der Waals surface area contributed by atoms with E-state index in [0.29, 0.717) is 34.1 Å². The Balaban J connectivity index is 1.69. The van der Waals surface area contributed by atoms with Gasteiger partial charge >= 0.3 is 0 Å². The molecule has 0 bridgehead atoms. The van der Waals surface area contributed by atoms with Crippen LogP contribution in [0.15, 0.2) is 97.1 Å². The minimum absolute atomic E-state index is 0.565. The molecule has 6 heteroatoms. The second kappa shape index (κ2) is 11.7. The third kappa shape index (κ3) is 4.60. The molecular formula is C38H28N2O4. The summed E-state index contributed by atoms with van der Waals surface area (Å²) in [6.45, 7) is 0. The van der Waals surface area contributed by atoms with Crippen LogP contribution in [0.5, 0.6) is 23.0 Å². The van der Waals surface area contributed by atoms with Crippen molar-refractivity contribution in [1.29, 1.82) is 10.5 Å². The largest absolute Gasteiger partial charge is 0.496 e. The van der Waals surface area contributed by atoms with Gasteiger partial charge < -0.3 is 18.9 Å². The van der Waals surface area contributed by atoms with Crippen LogP contribution in [0.4, 0.5) is 0 Å². The zero-order valence-corrected chi connectivity index (χ0v) is 24.8. The van der Waals surface area contributed by atoms with Crippen molar-refractivity contribution in [2.45, 2.75) is 0 Å². The van der Waals surface area contributed by atoms with Crippen LogP contribution in [-0.2, 0) is 0 Å². The predicted molar refractivity (Wildman–Crippen MR) is 173 cm³/mol. The molecule has 0 N–H and O–H groups in total. The lowest BCUT2D eigenvalue weighted by Gasteiger charge is -2.20. The quantitative estimate of drug-likeness (QED) is 0.189. The first kappa shape index (κ1) is 28.2. The second-order valence-electron chi connectivity index (χ2n) is 10.1. The number of rotatable bonds is 7. The van der Waals surface area contributed by atoms with Crippen LogP contribution in [-0.4, -0.2) is 28.4 Å². The Morgan fingerprint density at radius 1 is 0.432 bits per heavy atom. The number of nitriles is 2. The zero-order chi connectivity index (χ0) is 30.8. The number of nitrogens with zero attached hydrogens (tertiary/aromatic N) is 2. The molecule has 0 unspecified atom stereocenters. The molecule has 0 saturated heterocycles. The van der Waals surface area contributed by atoms with E-state index in [9.17, 15) is 10.5 Å². The van der Waals surface area contributed by atoms with Crippen molar-refractivity contribution >= 4 is 21.5 Å². The fourth-order valence-electron chi connectivity index (χ4n) is 5.91. The molecule has 0 aromatic heterocycles. The maximum absolute atomic E-state index is 9.79. The van der Waals surface area contributed by atoms with E-state index in [1.54, 1.807) is 40.6 Å². The Morgan fingerprint density at radius 3 is 1.18 bits per heavy atom. The van der Waals surface area contributed by atoms with Crippen molar-refractivity contribution in [3.8, 4) is 68.5 Å². The van der Waals surface area contributed by atoms with Crippen LogP contribution < -0.4 is 18.9 Å². The molecule has 0 aliphatic rings. The van der Waals surface area contributed by atoms with Crippen molar-refractivity contribution in [2.75, 3.05) is 28.4 Å². The fourth-order valence-corrected chi connectivity index (χ4v) is 5.91. The first-order chi connectivity index (χ1) is 21.6. The predicted octanol–water partition coefficient (Wildman–Crippen LogP) is 8.77. The molecule has 0 aliphatic carbocycles. The van der Waals surface area contributed by atoms with E-state index < -0.39 is 0 Å². The van der Waals surface area contributed by atoms with Crippen LogP contribution >= 0.6 is 0 Å². The van der Waals surface area contributed by atoms with Gasteiger partial charge in [0.05, 0.1) is 51.7 Å². The van der Waals surface area contributed by atoms with Crippen LogP contribution in [0.1, 0.15) is 11.1 Å². The van der Waals surface area contributed by atoms with E-state index in [-0.39, 0.29) is 0 Å². The fraction of sp³-hybridized carbons (Fsp3) is 0.105. The molecule has 0 amide bonds. The van der Waals surface area contributed by atoms with Gasteiger partial charge in [-0.1, -0.05) is 48.5 Å². The molecule has 0 heterocycles. The molecule has 6 aromatic rings. The second-order valence-corrected chi connectivity index (χ2v) is 10.1. The summed E-state index contributed by atoms with van der Waals surface area (Å²) in [5, 5.41) is 23.2. The van der Waals surface area contributed by atoms with Gasteiger partial charge in [-0.3, -0.25) is 0 Å². The van der Waals surface area contributed by atoms with Crippen LogP contribution in [0.25, 0.3) is 54.9 Å². The molecule has 0 atom stereocenters. The smallest absolute Gasteiger partial charge is 0.127 e. The van der Waals surface area contributed by atoms with Gasteiger partial charge in [-0.15, -0.1) is 0 Å².